The van der Waals surface area contributed by atoms with Gasteiger partial charge in [0.25, 0.3) is 0 Å². The highest BCUT2D eigenvalue weighted by Gasteiger charge is 2.10. The highest BCUT2D eigenvalue weighted by molar-refractivity contribution is 9.10. The first kappa shape index (κ1) is 15.5. The lowest BCUT2D eigenvalue weighted by molar-refractivity contribution is -0.141. The van der Waals surface area contributed by atoms with Crippen molar-refractivity contribution in [2.75, 3.05) is 18.5 Å². The Labute approximate surface area is 120 Å². The summed E-state index contributed by atoms with van der Waals surface area (Å²) in [7, 11) is 0. The van der Waals surface area contributed by atoms with Gasteiger partial charge in [0.05, 0.1) is 12.3 Å². The Bertz CT molecular complexity index is 466. The molecule has 0 aliphatic carbocycles. The van der Waals surface area contributed by atoms with E-state index in [0.29, 0.717) is 12.3 Å². The van der Waals surface area contributed by atoms with Crippen LogP contribution in [0.3, 0.4) is 0 Å². The molecule has 1 aromatic carbocycles. The van der Waals surface area contributed by atoms with Crippen molar-refractivity contribution in [1.29, 1.82) is 0 Å². The topological polar surface area (TPSA) is 67.4 Å². The molecule has 0 unspecified atom stereocenters. The monoisotopic (exact) mass is 328 g/mol. The van der Waals surface area contributed by atoms with Crippen molar-refractivity contribution < 1.29 is 14.3 Å². The predicted octanol–water partition coefficient (Wildman–Crippen LogP) is 2.75. The van der Waals surface area contributed by atoms with Crippen molar-refractivity contribution in [3.05, 3.63) is 27.7 Å². The first-order valence-corrected chi connectivity index (χ1v) is 6.70. The summed E-state index contributed by atoms with van der Waals surface area (Å²) >= 11 is 3.40. The highest BCUT2D eigenvalue weighted by Crippen LogP contribution is 2.27. The van der Waals surface area contributed by atoms with Crippen LogP contribution in [-0.2, 0) is 9.53 Å². The van der Waals surface area contributed by atoms with E-state index < -0.39 is 12.0 Å². The smallest absolute Gasteiger partial charge is 0.325 e. The third-order valence-corrected chi connectivity index (χ3v) is 2.99. The molecule has 0 saturated heterocycles. The van der Waals surface area contributed by atoms with Crippen LogP contribution in [-0.4, -0.2) is 25.2 Å². The molecule has 1 rings (SSSR count). The second-order valence-electron chi connectivity index (χ2n) is 4.05. The van der Waals surface area contributed by atoms with Crippen LogP contribution in [0.4, 0.5) is 10.5 Å². The first-order chi connectivity index (χ1) is 8.93. The molecular formula is C13H17BrN2O3. The van der Waals surface area contributed by atoms with Crippen molar-refractivity contribution >= 4 is 33.6 Å². The Morgan fingerprint density at radius 2 is 2.00 bits per heavy atom. The van der Waals surface area contributed by atoms with Crippen LogP contribution in [0, 0.1) is 13.8 Å². The minimum Gasteiger partial charge on any atom is -0.465 e. The van der Waals surface area contributed by atoms with Crippen LogP contribution in [0.1, 0.15) is 18.1 Å². The zero-order valence-corrected chi connectivity index (χ0v) is 12.8. The Morgan fingerprint density at radius 1 is 1.32 bits per heavy atom. The number of aryl methyl sites for hydroxylation is 2. The summed E-state index contributed by atoms with van der Waals surface area (Å²) in [5, 5.41) is 5.14. The molecule has 104 valence electrons. The summed E-state index contributed by atoms with van der Waals surface area (Å²) in [6.45, 7) is 5.73. The molecule has 1 aromatic rings. The van der Waals surface area contributed by atoms with Crippen LogP contribution in [0.2, 0.25) is 0 Å². The van der Waals surface area contributed by atoms with Gasteiger partial charge >= 0.3 is 12.0 Å². The summed E-state index contributed by atoms with van der Waals surface area (Å²) in [4.78, 5) is 22.8. The number of nitrogens with one attached hydrogen (secondary N) is 2. The molecule has 6 heteroatoms. The van der Waals surface area contributed by atoms with Gasteiger partial charge in [0.2, 0.25) is 0 Å². The van der Waals surface area contributed by atoms with E-state index in [-0.39, 0.29) is 6.54 Å². The standard InChI is InChI=1S/C13H17BrN2O3/c1-4-19-11(17)7-15-13(18)16-12-9(3)5-8(2)6-10(12)14/h5-6H,4,7H2,1-3H3,(H2,15,16,18). The van der Waals surface area contributed by atoms with Crippen LogP contribution in [0.5, 0.6) is 0 Å². The number of hydrogen-bond acceptors (Lipinski definition) is 3. The highest BCUT2D eigenvalue weighted by atomic mass is 79.9. The lowest BCUT2D eigenvalue weighted by Gasteiger charge is -2.12. The lowest BCUT2D eigenvalue weighted by atomic mass is 10.1. The van der Waals surface area contributed by atoms with Gasteiger partial charge in [-0.05, 0) is 53.9 Å². The normalized spacial score (nSPS) is 9.89. The van der Waals surface area contributed by atoms with Crippen LogP contribution < -0.4 is 10.6 Å². The number of carbonyl (C=O) groups excluding carboxylic acids is 2. The zero-order chi connectivity index (χ0) is 14.4. The molecular weight excluding hydrogens is 312 g/mol. The Balaban J connectivity index is 2.60. The molecule has 0 spiro atoms. The molecule has 0 aromatic heterocycles. The molecule has 0 atom stereocenters. The average Bonchev–Trinajstić information content (AvgIpc) is 2.31. The van der Waals surface area contributed by atoms with Gasteiger partial charge in [-0.3, -0.25) is 4.79 Å². The third kappa shape index (κ3) is 4.90. The molecule has 0 radical (unpaired) electrons. The fourth-order valence-electron chi connectivity index (χ4n) is 1.60. The van der Waals surface area contributed by atoms with Crippen LogP contribution in [0.15, 0.2) is 16.6 Å². The number of ether oxygens (including phenoxy) is 1. The summed E-state index contributed by atoms with van der Waals surface area (Å²) < 4.78 is 5.52. The second kappa shape index (κ2) is 7.13. The predicted molar refractivity (Wildman–Crippen MR) is 77.3 cm³/mol. The maximum absolute atomic E-state index is 11.7. The summed E-state index contributed by atoms with van der Waals surface area (Å²) in [5.74, 6) is -0.461. The molecule has 0 bridgehead atoms. The number of hydrogen-bond donors (Lipinski definition) is 2. The summed E-state index contributed by atoms with van der Waals surface area (Å²) in [6.07, 6.45) is 0. The molecule has 2 N–H and O–H groups in total. The van der Waals surface area contributed by atoms with Gasteiger partial charge in [-0.1, -0.05) is 6.07 Å². The van der Waals surface area contributed by atoms with Crippen molar-refractivity contribution in [2.24, 2.45) is 0 Å². The van der Waals surface area contributed by atoms with Gasteiger partial charge in [0.1, 0.15) is 6.54 Å². The van der Waals surface area contributed by atoms with Crippen LogP contribution in [0.25, 0.3) is 0 Å². The number of halogens is 1. The van der Waals surface area contributed by atoms with E-state index in [2.05, 4.69) is 26.6 Å². The van der Waals surface area contributed by atoms with E-state index in [9.17, 15) is 9.59 Å². The number of urea groups is 1. The summed E-state index contributed by atoms with van der Waals surface area (Å²) in [5.41, 5.74) is 2.73. The minimum absolute atomic E-state index is 0.151. The average molecular weight is 329 g/mol. The quantitative estimate of drug-likeness (QED) is 0.835. The van der Waals surface area contributed by atoms with Crippen molar-refractivity contribution in [3.63, 3.8) is 0 Å². The third-order valence-electron chi connectivity index (χ3n) is 2.37. The maximum atomic E-state index is 11.7. The Hall–Kier alpha value is -1.56. The van der Waals surface area contributed by atoms with Gasteiger partial charge < -0.3 is 15.4 Å². The van der Waals surface area contributed by atoms with E-state index in [0.717, 1.165) is 15.6 Å². The molecule has 0 fully saturated rings. The minimum atomic E-state index is -0.461. The number of amides is 2. The van der Waals surface area contributed by atoms with Crippen molar-refractivity contribution in [3.8, 4) is 0 Å². The van der Waals surface area contributed by atoms with E-state index >= 15 is 0 Å². The Morgan fingerprint density at radius 3 is 2.58 bits per heavy atom. The second-order valence-corrected chi connectivity index (χ2v) is 4.91. The van der Waals surface area contributed by atoms with Crippen molar-refractivity contribution in [2.45, 2.75) is 20.8 Å². The lowest BCUT2D eigenvalue weighted by Crippen LogP contribution is -2.34. The van der Waals surface area contributed by atoms with Crippen molar-refractivity contribution in [1.82, 2.24) is 5.32 Å². The number of esters is 1. The number of rotatable bonds is 4. The molecule has 0 aliphatic rings. The SMILES string of the molecule is CCOC(=O)CNC(=O)Nc1c(C)cc(C)cc1Br. The van der Waals surface area contributed by atoms with Gasteiger partial charge in [-0.15, -0.1) is 0 Å². The molecule has 19 heavy (non-hydrogen) atoms. The first-order valence-electron chi connectivity index (χ1n) is 5.91. The van der Waals surface area contributed by atoms with Gasteiger partial charge in [-0.25, -0.2) is 4.79 Å². The molecule has 0 saturated carbocycles. The van der Waals surface area contributed by atoms with E-state index in [4.69, 9.17) is 4.74 Å². The maximum Gasteiger partial charge on any atom is 0.325 e. The number of carbonyl (C=O) groups is 2. The molecule has 0 heterocycles. The summed E-state index contributed by atoms with van der Waals surface area (Å²) in [6, 6.07) is 3.43. The fourth-order valence-corrected chi connectivity index (χ4v) is 2.37. The Kier molecular flexibility index (Phi) is 5.82. The van der Waals surface area contributed by atoms with E-state index in [1.54, 1.807) is 6.92 Å². The van der Waals surface area contributed by atoms with Gasteiger partial charge in [-0.2, -0.15) is 0 Å². The van der Waals surface area contributed by atoms with Gasteiger partial charge in [0.15, 0.2) is 0 Å². The van der Waals surface area contributed by atoms with E-state index in [1.807, 2.05) is 26.0 Å². The fraction of sp³-hybridized carbons (Fsp3) is 0.385. The van der Waals surface area contributed by atoms with Gasteiger partial charge in [0, 0.05) is 4.47 Å². The van der Waals surface area contributed by atoms with E-state index in [1.165, 1.54) is 0 Å². The largest absolute Gasteiger partial charge is 0.465 e. The molecule has 0 aliphatic heterocycles. The molecule has 5 nitrogen and oxygen atoms in total. The van der Waals surface area contributed by atoms with Crippen LogP contribution >= 0.6 is 15.9 Å². The number of benzene rings is 1. The molecule has 2 amide bonds. The zero-order valence-electron chi connectivity index (χ0n) is 11.2. The number of anilines is 1.